The van der Waals surface area contributed by atoms with Gasteiger partial charge in [0.2, 0.25) is 0 Å². The maximum atomic E-state index is 9.96. The number of aliphatic hydroxyl groups excluding tert-OH is 4. The fraction of sp³-hybridized carbons (Fsp3) is 0.667. The van der Waals surface area contributed by atoms with Crippen LogP contribution in [0.3, 0.4) is 0 Å². The number of carboxylic acid groups (broad SMARTS) is 2. The molecule has 0 spiro atoms. The van der Waals surface area contributed by atoms with Gasteiger partial charge < -0.3 is 40.2 Å². The molecule has 91 valence electrons. The van der Waals surface area contributed by atoms with Crippen molar-refractivity contribution in [2.24, 2.45) is 0 Å². The first-order valence-corrected chi connectivity index (χ1v) is 3.43. The fourth-order valence-electron chi connectivity index (χ4n) is 0.652. The maximum absolute atomic E-state index is 9.96. The molecule has 0 amide bonds. The van der Waals surface area contributed by atoms with Crippen LogP contribution in [0.2, 0.25) is 0 Å². The van der Waals surface area contributed by atoms with Gasteiger partial charge in [-0.05, 0) is 0 Å². The van der Waals surface area contributed by atoms with Gasteiger partial charge in [-0.3, -0.25) is 0 Å². The number of carbonyl (C=O) groups excluding carboxylic acids is 2. The van der Waals surface area contributed by atoms with E-state index in [-0.39, 0.29) is 17.1 Å². The van der Waals surface area contributed by atoms with Crippen LogP contribution in [0.25, 0.3) is 0 Å². The number of aliphatic hydroxyl groups is 4. The molecule has 4 unspecified atom stereocenters. The van der Waals surface area contributed by atoms with Crippen molar-refractivity contribution in [3.8, 4) is 0 Å². The molecule has 8 nitrogen and oxygen atoms in total. The van der Waals surface area contributed by atoms with Crippen LogP contribution in [0.15, 0.2) is 0 Å². The molecule has 0 rings (SSSR count). The Labute approximate surface area is 94.2 Å². The van der Waals surface area contributed by atoms with Crippen LogP contribution in [0, 0.1) is 0 Å². The number of aliphatic carboxylic acids is 2. The van der Waals surface area contributed by atoms with Gasteiger partial charge in [-0.15, -0.1) is 0 Å². The molecule has 0 aliphatic rings. The molecule has 0 aromatic rings. The predicted molar refractivity (Wildman–Crippen MR) is 34.0 cm³/mol. The summed E-state index contributed by atoms with van der Waals surface area (Å²) in [5.74, 6) is -4.22. The van der Waals surface area contributed by atoms with Crippen molar-refractivity contribution in [1.29, 1.82) is 0 Å². The molecule has 0 bridgehead atoms. The summed E-state index contributed by atoms with van der Waals surface area (Å²) in [6.45, 7) is 0. The van der Waals surface area contributed by atoms with Crippen molar-refractivity contribution in [2.45, 2.75) is 24.4 Å². The molecule has 0 fully saturated rings. The first-order valence-electron chi connectivity index (χ1n) is 3.43. The third kappa shape index (κ3) is 4.56. The number of hydrogen-bond acceptors (Lipinski definition) is 8. The number of carbonyl (C=O) groups is 2. The first-order chi connectivity index (χ1) is 6.29. The zero-order valence-corrected chi connectivity index (χ0v) is 7.97. The van der Waals surface area contributed by atoms with Gasteiger partial charge in [-0.2, -0.15) is 0 Å². The molecule has 0 aliphatic carbocycles. The Bertz CT molecular complexity index is 207. The normalized spacial score (nSPS) is 18.1. The topological polar surface area (TPSA) is 161 Å². The van der Waals surface area contributed by atoms with Crippen LogP contribution >= 0.6 is 0 Å². The monoisotopic (exact) mass is 271 g/mol. The Morgan fingerprint density at radius 1 is 0.800 bits per heavy atom. The third-order valence-corrected chi connectivity index (χ3v) is 1.48. The van der Waals surface area contributed by atoms with Crippen LogP contribution in [-0.2, 0) is 26.7 Å². The minimum absolute atomic E-state index is 0. The molecule has 0 saturated heterocycles. The zero-order valence-electron chi connectivity index (χ0n) is 7.03. The Kier molecular flexibility index (Phi) is 7.49. The van der Waals surface area contributed by atoms with Crippen molar-refractivity contribution in [1.82, 2.24) is 0 Å². The summed E-state index contributed by atoms with van der Waals surface area (Å²) < 4.78 is 0. The molecule has 0 aliphatic heterocycles. The Hall–Kier alpha value is -0.701. The summed E-state index contributed by atoms with van der Waals surface area (Å²) in [4.78, 5) is 19.9. The quantitative estimate of drug-likeness (QED) is 0.359. The third-order valence-electron chi connectivity index (χ3n) is 1.48. The van der Waals surface area contributed by atoms with Gasteiger partial charge in [0.1, 0.15) is 24.4 Å². The molecule has 15 heavy (non-hydrogen) atoms. The predicted octanol–water partition coefficient (Wildman–Crippen LogP) is -6.07. The second-order valence-corrected chi connectivity index (χ2v) is 2.51. The van der Waals surface area contributed by atoms with Crippen LogP contribution in [0.4, 0.5) is 0 Å². The van der Waals surface area contributed by atoms with E-state index in [1.54, 1.807) is 0 Å². The summed E-state index contributed by atoms with van der Waals surface area (Å²) in [7, 11) is 0. The van der Waals surface area contributed by atoms with Gasteiger partial charge >= 0.3 is 17.1 Å². The van der Waals surface area contributed by atoms with Gasteiger partial charge in [0.25, 0.3) is 0 Å². The second kappa shape index (κ2) is 6.72. The van der Waals surface area contributed by atoms with E-state index in [0.29, 0.717) is 0 Å². The Morgan fingerprint density at radius 2 is 1.00 bits per heavy atom. The average Bonchev–Trinajstić information content (AvgIpc) is 2.12. The van der Waals surface area contributed by atoms with Crippen molar-refractivity contribution < 1.29 is 57.3 Å². The largest absolute Gasteiger partial charge is 2.00 e. The Balaban J connectivity index is 0. The van der Waals surface area contributed by atoms with E-state index in [9.17, 15) is 19.8 Å². The summed E-state index contributed by atoms with van der Waals surface area (Å²) in [5, 5.41) is 54.7. The van der Waals surface area contributed by atoms with Crippen molar-refractivity contribution >= 4 is 11.9 Å². The first kappa shape index (κ1) is 16.7. The van der Waals surface area contributed by atoms with E-state index < -0.39 is 36.4 Å². The smallest absolute Gasteiger partial charge is 0.547 e. The molecule has 0 aromatic carbocycles. The maximum Gasteiger partial charge on any atom is 2.00 e. The van der Waals surface area contributed by atoms with Crippen LogP contribution in [0.5, 0.6) is 0 Å². The van der Waals surface area contributed by atoms with Crippen molar-refractivity contribution in [2.75, 3.05) is 0 Å². The summed E-state index contributed by atoms with van der Waals surface area (Å²) in [6, 6.07) is 0. The van der Waals surface area contributed by atoms with Crippen molar-refractivity contribution in [3.05, 3.63) is 0 Å². The fourth-order valence-corrected chi connectivity index (χ4v) is 0.652. The van der Waals surface area contributed by atoms with Gasteiger partial charge in [0.05, 0.1) is 11.9 Å². The molecule has 1 radical (unpaired) electrons. The van der Waals surface area contributed by atoms with Crippen LogP contribution in [-0.4, -0.2) is 56.8 Å². The van der Waals surface area contributed by atoms with E-state index in [0.717, 1.165) is 0 Å². The van der Waals surface area contributed by atoms with E-state index in [1.165, 1.54) is 0 Å². The molecular weight excluding hydrogens is 264 g/mol. The van der Waals surface area contributed by atoms with Crippen LogP contribution < -0.4 is 10.2 Å². The summed E-state index contributed by atoms with van der Waals surface area (Å²) >= 11 is 0. The van der Waals surface area contributed by atoms with Crippen molar-refractivity contribution in [3.63, 3.8) is 0 Å². The molecule has 4 atom stereocenters. The minimum Gasteiger partial charge on any atom is -0.547 e. The van der Waals surface area contributed by atoms with Crippen LogP contribution in [0.1, 0.15) is 0 Å². The molecular formula is C6H8CuO8. The SMILES string of the molecule is O=C([O-])C(O)C(O)C(O)C(O)C(=O)[O-].[Cu+2]. The minimum atomic E-state index is -2.50. The Morgan fingerprint density at radius 3 is 1.13 bits per heavy atom. The molecule has 4 N–H and O–H groups in total. The average molecular weight is 272 g/mol. The molecule has 0 saturated carbocycles. The zero-order chi connectivity index (χ0) is 11.5. The second-order valence-electron chi connectivity index (χ2n) is 2.51. The summed E-state index contributed by atoms with van der Waals surface area (Å²) in [5.41, 5.74) is 0. The van der Waals surface area contributed by atoms with E-state index in [2.05, 4.69) is 0 Å². The number of rotatable bonds is 5. The van der Waals surface area contributed by atoms with Gasteiger partial charge in [-0.1, -0.05) is 0 Å². The van der Waals surface area contributed by atoms with E-state index in [1.807, 2.05) is 0 Å². The standard InChI is InChI=1S/C6H10O8.Cu/c7-1(3(9)5(11)12)2(8)4(10)6(13)14;/h1-4,7-10H,(H,11,12)(H,13,14);/q;+2/p-2. The van der Waals surface area contributed by atoms with E-state index in [4.69, 9.17) is 20.4 Å². The summed E-state index contributed by atoms with van der Waals surface area (Å²) in [6.07, 6.45) is -9.76. The molecule has 0 heterocycles. The van der Waals surface area contributed by atoms with Gasteiger partial charge in [0.15, 0.2) is 0 Å². The molecule has 9 heteroatoms. The van der Waals surface area contributed by atoms with Gasteiger partial charge in [0, 0.05) is 0 Å². The van der Waals surface area contributed by atoms with Gasteiger partial charge in [-0.25, -0.2) is 0 Å². The van der Waals surface area contributed by atoms with E-state index >= 15 is 0 Å². The number of carboxylic acids is 2. The number of hydrogen-bond donors (Lipinski definition) is 4. The molecule has 0 aromatic heterocycles.